The first kappa shape index (κ1) is 13.9. The van der Waals surface area contributed by atoms with Crippen LogP contribution >= 0.6 is 0 Å². The number of hydrogen-bond acceptors (Lipinski definition) is 2. The minimum Gasteiger partial charge on any atom is -0.375 e. The maximum atomic E-state index is 6.14. The Bertz CT molecular complexity index is 328. The van der Waals surface area contributed by atoms with Crippen molar-refractivity contribution in [2.45, 2.75) is 32.2 Å². The minimum absolute atomic E-state index is 0.166. The van der Waals surface area contributed by atoms with Gasteiger partial charge in [-0.2, -0.15) is 0 Å². The highest BCUT2D eigenvalue weighted by Crippen LogP contribution is 2.11. The topological polar surface area (TPSA) is 35.2 Å². The molecule has 0 bridgehead atoms. The summed E-state index contributed by atoms with van der Waals surface area (Å²) in [5.74, 6) is 0. The summed E-state index contributed by atoms with van der Waals surface area (Å²) in [6.45, 7) is 5.45. The first-order chi connectivity index (χ1) is 8.20. The molecule has 0 amide bonds. The van der Waals surface area contributed by atoms with Crippen molar-refractivity contribution in [1.29, 1.82) is 0 Å². The van der Waals surface area contributed by atoms with Gasteiger partial charge in [-0.15, -0.1) is 0 Å². The lowest BCUT2D eigenvalue weighted by Crippen LogP contribution is -2.43. The Morgan fingerprint density at radius 3 is 2.41 bits per heavy atom. The number of nitrogens with two attached hydrogens (primary N) is 1. The minimum atomic E-state index is -0.166. The van der Waals surface area contributed by atoms with Gasteiger partial charge in [0.15, 0.2) is 0 Å². The van der Waals surface area contributed by atoms with Gasteiger partial charge in [-0.25, -0.2) is 0 Å². The average molecular weight is 233 g/mol. The Hall–Kier alpha value is -1.12. The van der Waals surface area contributed by atoms with E-state index in [1.54, 1.807) is 0 Å². The van der Waals surface area contributed by atoms with Crippen LogP contribution in [-0.4, -0.2) is 18.8 Å². The summed E-state index contributed by atoms with van der Waals surface area (Å²) in [5.41, 5.74) is 7.17. The average Bonchev–Trinajstić information content (AvgIpc) is 2.39. The van der Waals surface area contributed by atoms with E-state index in [1.165, 1.54) is 5.56 Å². The van der Waals surface area contributed by atoms with Gasteiger partial charge in [0.2, 0.25) is 0 Å². The monoisotopic (exact) mass is 233 g/mol. The number of ether oxygens (including phenoxy) is 1. The van der Waals surface area contributed by atoms with Gasteiger partial charge in [0.1, 0.15) is 0 Å². The smallest absolute Gasteiger partial charge is 0.0651 e. The van der Waals surface area contributed by atoms with E-state index in [2.05, 4.69) is 32.1 Å². The van der Waals surface area contributed by atoms with E-state index in [0.717, 1.165) is 12.8 Å². The fraction of sp³-hybridized carbons (Fsp3) is 0.467. The van der Waals surface area contributed by atoms with Gasteiger partial charge in [-0.05, 0) is 18.4 Å². The molecule has 2 nitrogen and oxygen atoms in total. The normalized spacial score (nSPS) is 12.2. The van der Waals surface area contributed by atoms with Crippen LogP contribution in [0.4, 0.5) is 0 Å². The third-order valence-corrected chi connectivity index (χ3v) is 3.12. The van der Waals surface area contributed by atoms with E-state index >= 15 is 0 Å². The van der Waals surface area contributed by atoms with Crippen molar-refractivity contribution >= 4 is 6.08 Å². The largest absolute Gasteiger partial charge is 0.375 e. The van der Waals surface area contributed by atoms with Gasteiger partial charge in [-0.3, -0.25) is 0 Å². The zero-order chi connectivity index (χ0) is 12.6. The van der Waals surface area contributed by atoms with E-state index in [4.69, 9.17) is 10.5 Å². The zero-order valence-corrected chi connectivity index (χ0v) is 10.9. The van der Waals surface area contributed by atoms with Crippen molar-refractivity contribution in [2.75, 3.05) is 13.2 Å². The summed E-state index contributed by atoms with van der Waals surface area (Å²) in [4.78, 5) is 0. The molecule has 0 aliphatic carbocycles. The molecule has 0 spiro atoms. The van der Waals surface area contributed by atoms with Crippen LogP contribution in [0, 0.1) is 0 Å². The molecule has 1 aromatic rings. The standard InChI is InChI=1S/C15H23NO/c1-3-15(16,4-2)13-17-12-8-11-14-9-6-5-7-10-14/h5-11H,3-4,12-13,16H2,1-2H3. The van der Waals surface area contributed by atoms with E-state index in [1.807, 2.05) is 24.3 Å². The first-order valence-corrected chi connectivity index (χ1v) is 6.28. The predicted molar refractivity (Wildman–Crippen MR) is 73.8 cm³/mol. The van der Waals surface area contributed by atoms with E-state index in [-0.39, 0.29) is 5.54 Å². The van der Waals surface area contributed by atoms with Crippen LogP contribution in [0.3, 0.4) is 0 Å². The molecule has 1 aromatic carbocycles. The van der Waals surface area contributed by atoms with Crippen LogP contribution in [0.25, 0.3) is 6.08 Å². The van der Waals surface area contributed by atoms with Gasteiger partial charge in [0, 0.05) is 5.54 Å². The number of hydrogen-bond donors (Lipinski definition) is 1. The van der Waals surface area contributed by atoms with Crippen molar-refractivity contribution in [3.8, 4) is 0 Å². The van der Waals surface area contributed by atoms with Crippen LogP contribution < -0.4 is 5.73 Å². The van der Waals surface area contributed by atoms with Gasteiger partial charge >= 0.3 is 0 Å². The van der Waals surface area contributed by atoms with E-state index in [9.17, 15) is 0 Å². The summed E-state index contributed by atoms with van der Waals surface area (Å²) >= 11 is 0. The molecule has 2 heteroatoms. The third kappa shape index (κ3) is 5.16. The van der Waals surface area contributed by atoms with Gasteiger partial charge in [0.05, 0.1) is 13.2 Å². The fourth-order valence-corrected chi connectivity index (χ4v) is 1.53. The lowest BCUT2D eigenvalue weighted by Gasteiger charge is -2.25. The molecule has 2 N–H and O–H groups in total. The summed E-state index contributed by atoms with van der Waals surface area (Å²) in [6, 6.07) is 10.2. The summed E-state index contributed by atoms with van der Waals surface area (Å²) in [6.07, 6.45) is 6.00. The molecule has 0 atom stereocenters. The van der Waals surface area contributed by atoms with Crippen molar-refractivity contribution in [2.24, 2.45) is 5.73 Å². The molecule has 17 heavy (non-hydrogen) atoms. The Kier molecular flexibility index (Phi) is 5.95. The Morgan fingerprint density at radius 1 is 1.18 bits per heavy atom. The summed E-state index contributed by atoms with van der Waals surface area (Å²) in [7, 11) is 0. The molecule has 0 radical (unpaired) electrons. The van der Waals surface area contributed by atoms with Crippen molar-refractivity contribution < 1.29 is 4.74 Å². The second-order valence-electron chi connectivity index (χ2n) is 4.40. The first-order valence-electron chi connectivity index (χ1n) is 6.28. The number of benzene rings is 1. The van der Waals surface area contributed by atoms with Gasteiger partial charge < -0.3 is 10.5 Å². The molecule has 0 saturated heterocycles. The molecule has 0 aliphatic heterocycles. The summed E-state index contributed by atoms with van der Waals surface area (Å²) < 4.78 is 5.59. The SMILES string of the molecule is CCC(N)(CC)COCC=Cc1ccccc1. The maximum Gasteiger partial charge on any atom is 0.0651 e. The predicted octanol–water partition coefficient (Wildman–Crippen LogP) is 3.23. The van der Waals surface area contributed by atoms with E-state index < -0.39 is 0 Å². The van der Waals surface area contributed by atoms with Crippen LogP contribution in [-0.2, 0) is 4.74 Å². The molecule has 0 saturated carbocycles. The maximum absolute atomic E-state index is 6.14. The van der Waals surface area contributed by atoms with Crippen molar-refractivity contribution in [1.82, 2.24) is 0 Å². The number of rotatable bonds is 7. The fourth-order valence-electron chi connectivity index (χ4n) is 1.53. The van der Waals surface area contributed by atoms with E-state index in [0.29, 0.717) is 13.2 Å². The molecule has 94 valence electrons. The second kappa shape index (κ2) is 7.25. The second-order valence-corrected chi connectivity index (χ2v) is 4.40. The molecule has 0 heterocycles. The summed E-state index contributed by atoms with van der Waals surface area (Å²) in [5, 5.41) is 0. The van der Waals surface area contributed by atoms with Crippen LogP contribution in [0.15, 0.2) is 36.4 Å². The van der Waals surface area contributed by atoms with Crippen molar-refractivity contribution in [3.05, 3.63) is 42.0 Å². The van der Waals surface area contributed by atoms with Gasteiger partial charge in [-0.1, -0.05) is 56.3 Å². The quantitative estimate of drug-likeness (QED) is 0.734. The molecule has 0 fully saturated rings. The molecular weight excluding hydrogens is 210 g/mol. The highest BCUT2D eigenvalue weighted by molar-refractivity contribution is 5.48. The highest BCUT2D eigenvalue weighted by atomic mass is 16.5. The van der Waals surface area contributed by atoms with Crippen molar-refractivity contribution in [3.63, 3.8) is 0 Å². The highest BCUT2D eigenvalue weighted by Gasteiger charge is 2.19. The molecular formula is C15H23NO. The molecule has 0 aliphatic rings. The molecule has 0 aromatic heterocycles. The zero-order valence-electron chi connectivity index (χ0n) is 10.9. The lowest BCUT2D eigenvalue weighted by molar-refractivity contribution is 0.101. The van der Waals surface area contributed by atoms with Crippen LogP contribution in [0.2, 0.25) is 0 Å². The third-order valence-electron chi connectivity index (χ3n) is 3.12. The van der Waals surface area contributed by atoms with Crippen LogP contribution in [0.1, 0.15) is 32.3 Å². The molecule has 0 unspecified atom stereocenters. The molecule has 1 rings (SSSR count). The van der Waals surface area contributed by atoms with Crippen LogP contribution in [0.5, 0.6) is 0 Å². The Balaban J connectivity index is 2.27. The Morgan fingerprint density at radius 2 is 1.82 bits per heavy atom. The van der Waals surface area contributed by atoms with Gasteiger partial charge in [0.25, 0.3) is 0 Å². The Labute approximate surface area is 104 Å². The lowest BCUT2D eigenvalue weighted by atomic mass is 9.96.